The quantitative estimate of drug-likeness (QED) is 0.776. The molecule has 1 saturated carbocycles. The average molecular weight is 245 g/mol. The van der Waals surface area contributed by atoms with E-state index in [1.54, 1.807) is 0 Å². The molecular formula is C17H27N. The summed E-state index contributed by atoms with van der Waals surface area (Å²) in [6, 6.07) is 8.87. The maximum absolute atomic E-state index is 2.48. The molecule has 0 aliphatic heterocycles. The lowest BCUT2D eigenvalue weighted by atomic mass is 9.73. The molecule has 0 radical (unpaired) electrons. The Morgan fingerprint density at radius 2 is 1.78 bits per heavy atom. The number of hydrogen-bond donors (Lipinski definition) is 0. The summed E-state index contributed by atoms with van der Waals surface area (Å²) in [5, 5.41) is 0. The normalized spacial score (nSPS) is 28.6. The van der Waals surface area contributed by atoms with Gasteiger partial charge >= 0.3 is 0 Å². The molecule has 0 atom stereocenters. The Labute approximate surface area is 112 Å². The molecule has 0 saturated heterocycles. The van der Waals surface area contributed by atoms with E-state index in [9.17, 15) is 0 Å². The van der Waals surface area contributed by atoms with E-state index >= 15 is 0 Å². The molecule has 1 aromatic rings. The van der Waals surface area contributed by atoms with Crippen LogP contribution in [-0.2, 0) is 6.42 Å². The first-order chi connectivity index (χ1) is 8.53. The monoisotopic (exact) mass is 245 g/mol. The molecule has 0 amide bonds. The second-order valence-corrected chi connectivity index (χ2v) is 6.40. The van der Waals surface area contributed by atoms with Crippen LogP contribution in [0.25, 0.3) is 0 Å². The highest BCUT2D eigenvalue weighted by Gasteiger charge is 2.36. The van der Waals surface area contributed by atoms with Crippen molar-refractivity contribution in [3.05, 3.63) is 35.4 Å². The van der Waals surface area contributed by atoms with Gasteiger partial charge in [-0.05, 0) is 70.2 Å². The van der Waals surface area contributed by atoms with Crippen molar-refractivity contribution in [1.82, 2.24) is 4.90 Å². The van der Waals surface area contributed by atoms with Crippen LogP contribution < -0.4 is 0 Å². The van der Waals surface area contributed by atoms with Gasteiger partial charge in [-0.2, -0.15) is 0 Å². The van der Waals surface area contributed by atoms with Gasteiger partial charge in [0.05, 0.1) is 0 Å². The van der Waals surface area contributed by atoms with Gasteiger partial charge in [0.1, 0.15) is 0 Å². The standard InChI is InChI=1S/C17H27N/c1-14-9-11-17(12-10-14,18(3)4)13-16-8-6-5-7-15(16)2/h5-8,14H,9-13H2,1-4H3. The van der Waals surface area contributed by atoms with Crippen molar-refractivity contribution in [2.45, 2.75) is 51.5 Å². The number of likely N-dealkylation sites (N-methyl/N-ethyl adjacent to an activating group) is 1. The van der Waals surface area contributed by atoms with Gasteiger partial charge < -0.3 is 4.90 Å². The zero-order valence-electron chi connectivity index (χ0n) is 12.4. The molecule has 100 valence electrons. The van der Waals surface area contributed by atoms with Crippen molar-refractivity contribution in [2.24, 2.45) is 5.92 Å². The van der Waals surface area contributed by atoms with Gasteiger partial charge in [-0.25, -0.2) is 0 Å². The van der Waals surface area contributed by atoms with Crippen LogP contribution in [0.4, 0.5) is 0 Å². The van der Waals surface area contributed by atoms with Crippen LogP contribution in [0.5, 0.6) is 0 Å². The van der Waals surface area contributed by atoms with E-state index < -0.39 is 0 Å². The lowest BCUT2D eigenvalue weighted by molar-refractivity contribution is 0.0828. The lowest BCUT2D eigenvalue weighted by Gasteiger charge is -2.45. The highest BCUT2D eigenvalue weighted by atomic mass is 15.1. The fourth-order valence-electron chi connectivity index (χ4n) is 3.24. The van der Waals surface area contributed by atoms with Crippen LogP contribution in [0.3, 0.4) is 0 Å². The molecular weight excluding hydrogens is 218 g/mol. The molecule has 1 aliphatic rings. The Kier molecular flexibility index (Phi) is 4.11. The predicted octanol–water partition coefficient (Wildman–Crippen LogP) is 4.05. The van der Waals surface area contributed by atoms with E-state index in [1.807, 2.05) is 0 Å². The van der Waals surface area contributed by atoms with E-state index in [4.69, 9.17) is 0 Å². The van der Waals surface area contributed by atoms with Gasteiger partial charge in [-0.15, -0.1) is 0 Å². The molecule has 0 unspecified atom stereocenters. The molecule has 1 aliphatic carbocycles. The second-order valence-electron chi connectivity index (χ2n) is 6.40. The first-order valence-corrected chi connectivity index (χ1v) is 7.25. The molecule has 18 heavy (non-hydrogen) atoms. The molecule has 1 aromatic carbocycles. The molecule has 0 bridgehead atoms. The van der Waals surface area contributed by atoms with Crippen LogP contribution in [0.1, 0.15) is 43.7 Å². The summed E-state index contributed by atoms with van der Waals surface area (Å²) < 4.78 is 0. The van der Waals surface area contributed by atoms with Gasteiger partial charge in [-0.1, -0.05) is 31.2 Å². The summed E-state index contributed by atoms with van der Waals surface area (Å²) in [7, 11) is 4.52. The number of benzene rings is 1. The molecule has 0 heterocycles. The van der Waals surface area contributed by atoms with Gasteiger partial charge in [0.25, 0.3) is 0 Å². The zero-order valence-corrected chi connectivity index (χ0v) is 12.4. The number of aryl methyl sites for hydroxylation is 1. The Bertz CT molecular complexity index is 386. The maximum atomic E-state index is 2.48. The molecule has 1 nitrogen and oxygen atoms in total. The third-order valence-electron chi connectivity index (χ3n) is 4.93. The molecule has 1 fully saturated rings. The number of rotatable bonds is 3. The predicted molar refractivity (Wildman–Crippen MR) is 78.9 cm³/mol. The number of nitrogens with zero attached hydrogens (tertiary/aromatic N) is 1. The SMILES string of the molecule is Cc1ccccc1CC1(N(C)C)CCC(C)CC1. The minimum Gasteiger partial charge on any atom is -0.303 e. The van der Waals surface area contributed by atoms with Crippen LogP contribution in [0.2, 0.25) is 0 Å². The van der Waals surface area contributed by atoms with Crippen molar-refractivity contribution in [2.75, 3.05) is 14.1 Å². The Hall–Kier alpha value is -0.820. The van der Waals surface area contributed by atoms with E-state index in [0.717, 1.165) is 5.92 Å². The molecule has 0 N–H and O–H groups in total. The van der Waals surface area contributed by atoms with Crippen LogP contribution in [0, 0.1) is 12.8 Å². The second kappa shape index (κ2) is 5.44. The van der Waals surface area contributed by atoms with E-state index in [-0.39, 0.29) is 0 Å². The fourth-order valence-corrected chi connectivity index (χ4v) is 3.24. The third-order valence-corrected chi connectivity index (χ3v) is 4.93. The van der Waals surface area contributed by atoms with Crippen molar-refractivity contribution in [3.8, 4) is 0 Å². The van der Waals surface area contributed by atoms with Gasteiger partial charge in [-0.3, -0.25) is 0 Å². The summed E-state index contributed by atoms with van der Waals surface area (Å²) in [6.07, 6.45) is 6.65. The highest BCUT2D eigenvalue weighted by molar-refractivity contribution is 5.27. The van der Waals surface area contributed by atoms with E-state index in [2.05, 4.69) is 57.1 Å². The van der Waals surface area contributed by atoms with Gasteiger partial charge in [0.15, 0.2) is 0 Å². The van der Waals surface area contributed by atoms with Crippen LogP contribution in [0.15, 0.2) is 24.3 Å². The highest BCUT2D eigenvalue weighted by Crippen LogP contribution is 2.38. The summed E-state index contributed by atoms with van der Waals surface area (Å²) >= 11 is 0. The molecule has 0 spiro atoms. The van der Waals surface area contributed by atoms with Crippen LogP contribution in [-0.4, -0.2) is 24.5 Å². The minimum absolute atomic E-state index is 0.388. The van der Waals surface area contributed by atoms with Gasteiger partial charge in [0, 0.05) is 5.54 Å². The Morgan fingerprint density at radius 1 is 1.17 bits per heavy atom. The Balaban J connectivity index is 2.19. The van der Waals surface area contributed by atoms with Crippen molar-refractivity contribution >= 4 is 0 Å². The first kappa shape index (κ1) is 13.6. The van der Waals surface area contributed by atoms with Crippen molar-refractivity contribution in [3.63, 3.8) is 0 Å². The fraction of sp³-hybridized carbons (Fsp3) is 0.647. The molecule has 2 rings (SSSR count). The third kappa shape index (κ3) is 2.77. The molecule has 1 heteroatoms. The maximum Gasteiger partial charge on any atom is 0.0244 e. The van der Waals surface area contributed by atoms with Crippen molar-refractivity contribution < 1.29 is 0 Å². The Morgan fingerprint density at radius 3 is 2.33 bits per heavy atom. The summed E-state index contributed by atoms with van der Waals surface area (Å²) in [4.78, 5) is 2.48. The lowest BCUT2D eigenvalue weighted by Crippen LogP contribution is -2.48. The van der Waals surface area contributed by atoms with E-state index in [1.165, 1.54) is 43.2 Å². The summed E-state index contributed by atoms with van der Waals surface area (Å²) in [5.41, 5.74) is 3.36. The van der Waals surface area contributed by atoms with E-state index in [0.29, 0.717) is 5.54 Å². The summed E-state index contributed by atoms with van der Waals surface area (Å²) in [6.45, 7) is 4.64. The molecule has 0 aromatic heterocycles. The number of hydrogen-bond acceptors (Lipinski definition) is 1. The van der Waals surface area contributed by atoms with Gasteiger partial charge in [0.2, 0.25) is 0 Å². The van der Waals surface area contributed by atoms with Crippen molar-refractivity contribution in [1.29, 1.82) is 0 Å². The zero-order chi connectivity index (χ0) is 13.2. The minimum atomic E-state index is 0.388. The smallest absolute Gasteiger partial charge is 0.0244 e. The van der Waals surface area contributed by atoms with Crippen LogP contribution >= 0.6 is 0 Å². The first-order valence-electron chi connectivity index (χ1n) is 7.25. The summed E-state index contributed by atoms with van der Waals surface area (Å²) in [5.74, 6) is 0.912. The largest absolute Gasteiger partial charge is 0.303 e. The average Bonchev–Trinajstić information content (AvgIpc) is 2.35. The topological polar surface area (TPSA) is 3.24 Å².